The maximum atomic E-state index is 12.3. The zero-order valence-corrected chi connectivity index (χ0v) is 22.7. The van der Waals surface area contributed by atoms with Gasteiger partial charge in [-0.15, -0.1) is 0 Å². The van der Waals surface area contributed by atoms with Crippen LogP contribution >= 0.6 is 15.9 Å². The molecule has 1 atom stereocenters. The van der Waals surface area contributed by atoms with E-state index in [-0.39, 0.29) is 11.5 Å². The van der Waals surface area contributed by atoms with Crippen molar-refractivity contribution in [1.29, 1.82) is 0 Å². The van der Waals surface area contributed by atoms with Gasteiger partial charge >= 0.3 is 6.09 Å². The monoisotopic (exact) mass is 554 g/mol. The molecular formula is C26H31BrN6O3. The zero-order valence-electron chi connectivity index (χ0n) is 21.1. The van der Waals surface area contributed by atoms with Crippen LogP contribution in [0.25, 0.3) is 11.6 Å². The number of halogens is 1. The van der Waals surface area contributed by atoms with Crippen LogP contribution in [0.1, 0.15) is 51.9 Å². The molecule has 36 heavy (non-hydrogen) atoms. The molecule has 10 heteroatoms. The summed E-state index contributed by atoms with van der Waals surface area (Å²) in [6.07, 6.45) is 5.40. The van der Waals surface area contributed by atoms with Gasteiger partial charge in [-0.05, 0) is 64.2 Å². The van der Waals surface area contributed by atoms with E-state index in [1.807, 2.05) is 20.8 Å². The molecule has 1 aliphatic carbocycles. The Kier molecular flexibility index (Phi) is 6.48. The minimum atomic E-state index is -0.502. The molecule has 0 unspecified atom stereocenters. The minimum absolute atomic E-state index is 0.280. The van der Waals surface area contributed by atoms with Gasteiger partial charge in [0.1, 0.15) is 17.1 Å². The van der Waals surface area contributed by atoms with E-state index >= 15 is 0 Å². The number of carbonyl (C=O) groups is 1. The highest BCUT2D eigenvalue weighted by atomic mass is 79.9. The van der Waals surface area contributed by atoms with Crippen molar-refractivity contribution in [2.24, 2.45) is 5.92 Å². The lowest BCUT2D eigenvalue weighted by Crippen LogP contribution is -2.50. The van der Waals surface area contributed by atoms with Crippen LogP contribution in [0.2, 0.25) is 0 Å². The third kappa shape index (κ3) is 5.09. The Labute approximate surface area is 219 Å². The highest BCUT2D eigenvalue weighted by Gasteiger charge is 2.47. The number of anilines is 1. The number of rotatable bonds is 5. The van der Waals surface area contributed by atoms with Crippen LogP contribution in [-0.4, -0.2) is 62.9 Å². The standard InChI is InChI=1S/C26H31BrN6O3/c1-25(2,3)35-24(34)33-13-11-32(12-14-33)21-16-28-20(15-29-21)22-30-23(31-36-22)26(4,17-5-6-17)18-7-9-19(27)10-8-18/h7-10,15-17H,5-6,11-14H2,1-4H3/t26-/m0/s1. The van der Waals surface area contributed by atoms with E-state index in [0.717, 1.165) is 23.1 Å². The summed E-state index contributed by atoms with van der Waals surface area (Å²) in [5.41, 5.74) is 0.897. The first-order valence-corrected chi connectivity index (χ1v) is 13.1. The number of nitrogens with zero attached hydrogens (tertiary/aromatic N) is 6. The van der Waals surface area contributed by atoms with Crippen LogP contribution in [0.4, 0.5) is 10.6 Å². The predicted molar refractivity (Wildman–Crippen MR) is 139 cm³/mol. The van der Waals surface area contributed by atoms with Crippen molar-refractivity contribution in [1.82, 2.24) is 25.0 Å². The molecule has 2 aromatic heterocycles. The number of piperazine rings is 1. The van der Waals surface area contributed by atoms with Gasteiger partial charge < -0.3 is 19.1 Å². The summed E-state index contributed by atoms with van der Waals surface area (Å²) in [6.45, 7) is 10.3. The van der Waals surface area contributed by atoms with Crippen molar-refractivity contribution in [2.45, 2.75) is 51.6 Å². The predicted octanol–water partition coefficient (Wildman–Crippen LogP) is 5.06. The van der Waals surface area contributed by atoms with E-state index in [1.54, 1.807) is 17.3 Å². The lowest BCUT2D eigenvalue weighted by Gasteiger charge is -2.36. The lowest BCUT2D eigenvalue weighted by molar-refractivity contribution is 0.0240. The Hall–Kier alpha value is -3.01. The van der Waals surface area contributed by atoms with Gasteiger partial charge in [0.05, 0.1) is 17.8 Å². The molecule has 1 aliphatic heterocycles. The number of carbonyl (C=O) groups excluding carboxylic acids is 1. The molecule has 1 aromatic carbocycles. The molecule has 0 radical (unpaired) electrons. The van der Waals surface area contributed by atoms with Gasteiger partial charge in [0, 0.05) is 30.7 Å². The second-order valence-electron chi connectivity index (χ2n) is 10.6. The topological polar surface area (TPSA) is 97.5 Å². The molecule has 2 aliphatic rings. The Morgan fingerprint density at radius 3 is 2.31 bits per heavy atom. The molecule has 0 spiro atoms. The Bertz CT molecular complexity index is 1210. The van der Waals surface area contributed by atoms with Gasteiger partial charge in [0.2, 0.25) is 0 Å². The van der Waals surface area contributed by atoms with Crippen LogP contribution in [0.5, 0.6) is 0 Å². The van der Waals surface area contributed by atoms with Gasteiger partial charge in [-0.2, -0.15) is 4.98 Å². The summed E-state index contributed by atoms with van der Waals surface area (Å²) < 4.78 is 12.2. The van der Waals surface area contributed by atoms with Crippen LogP contribution in [0.3, 0.4) is 0 Å². The number of hydrogen-bond acceptors (Lipinski definition) is 8. The third-order valence-corrected chi connectivity index (χ3v) is 7.37. The summed E-state index contributed by atoms with van der Waals surface area (Å²) in [6, 6.07) is 8.34. The zero-order chi connectivity index (χ0) is 25.5. The normalized spacial score (nSPS) is 18.1. The van der Waals surface area contributed by atoms with E-state index in [0.29, 0.717) is 49.5 Å². The van der Waals surface area contributed by atoms with Crippen LogP contribution in [-0.2, 0) is 10.2 Å². The highest BCUT2D eigenvalue weighted by Crippen LogP contribution is 2.50. The lowest BCUT2D eigenvalue weighted by atomic mass is 9.77. The smallest absolute Gasteiger partial charge is 0.410 e. The van der Waals surface area contributed by atoms with Crippen LogP contribution in [0, 0.1) is 5.92 Å². The van der Waals surface area contributed by atoms with Crippen molar-refractivity contribution in [3.05, 3.63) is 52.5 Å². The van der Waals surface area contributed by atoms with Gasteiger partial charge in [-0.1, -0.05) is 33.2 Å². The maximum Gasteiger partial charge on any atom is 0.410 e. The van der Waals surface area contributed by atoms with Crippen molar-refractivity contribution < 1.29 is 14.1 Å². The minimum Gasteiger partial charge on any atom is -0.444 e. The quantitative estimate of drug-likeness (QED) is 0.431. The molecule has 190 valence electrons. The summed E-state index contributed by atoms with van der Waals surface area (Å²) >= 11 is 3.52. The molecule has 2 fully saturated rings. The van der Waals surface area contributed by atoms with E-state index in [4.69, 9.17) is 14.2 Å². The Morgan fingerprint density at radius 1 is 1.03 bits per heavy atom. The third-order valence-electron chi connectivity index (χ3n) is 6.84. The van der Waals surface area contributed by atoms with Crippen molar-refractivity contribution in [3.63, 3.8) is 0 Å². The first kappa shape index (κ1) is 24.7. The molecule has 5 rings (SSSR count). The number of amides is 1. The van der Waals surface area contributed by atoms with Crippen molar-refractivity contribution in [3.8, 4) is 11.6 Å². The van der Waals surface area contributed by atoms with Gasteiger partial charge in [0.15, 0.2) is 5.82 Å². The van der Waals surface area contributed by atoms with E-state index in [2.05, 4.69) is 67.1 Å². The average molecular weight is 555 g/mol. The second kappa shape index (κ2) is 9.46. The molecule has 1 saturated heterocycles. The molecule has 1 amide bonds. The first-order valence-electron chi connectivity index (χ1n) is 12.3. The molecule has 0 N–H and O–H groups in total. The van der Waals surface area contributed by atoms with Crippen molar-refractivity contribution in [2.75, 3.05) is 31.1 Å². The highest BCUT2D eigenvalue weighted by molar-refractivity contribution is 9.10. The fraction of sp³-hybridized carbons (Fsp3) is 0.500. The summed E-state index contributed by atoms with van der Waals surface area (Å²) in [5, 5.41) is 4.36. The second-order valence-corrected chi connectivity index (χ2v) is 11.5. The van der Waals surface area contributed by atoms with Crippen LogP contribution in [0.15, 0.2) is 45.7 Å². The molecule has 9 nitrogen and oxygen atoms in total. The number of hydrogen-bond donors (Lipinski definition) is 0. The van der Waals surface area contributed by atoms with Crippen LogP contribution < -0.4 is 4.90 Å². The van der Waals surface area contributed by atoms with Gasteiger partial charge in [-0.3, -0.25) is 0 Å². The molecule has 3 aromatic rings. The SMILES string of the molecule is CC(C)(C)OC(=O)N1CCN(c2cnc(-c3nc([C@](C)(c4ccc(Br)cc4)C4CC4)no3)cn2)CC1. The fourth-order valence-corrected chi connectivity index (χ4v) is 4.85. The Balaban J connectivity index is 1.27. The summed E-state index contributed by atoms with van der Waals surface area (Å²) in [4.78, 5) is 30.0. The van der Waals surface area contributed by atoms with Gasteiger partial charge in [-0.25, -0.2) is 14.8 Å². The largest absolute Gasteiger partial charge is 0.444 e. The molecule has 0 bridgehead atoms. The van der Waals surface area contributed by atoms with E-state index in [1.165, 1.54) is 5.56 Å². The van der Waals surface area contributed by atoms with Crippen molar-refractivity contribution >= 4 is 27.8 Å². The first-order chi connectivity index (χ1) is 17.1. The van der Waals surface area contributed by atoms with E-state index < -0.39 is 5.60 Å². The molecule has 1 saturated carbocycles. The number of benzene rings is 1. The number of ether oxygens (including phenoxy) is 1. The maximum absolute atomic E-state index is 12.3. The Morgan fingerprint density at radius 2 is 1.72 bits per heavy atom. The summed E-state index contributed by atoms with van der Waals surface area (Å²) in [5.74, 6) is 2.27. The number of aromatic nitrogens is 4. The molecular weight excluding hydrogens is 524 g/mol. The van der Waals surface area contributed by atoms with E-state index in [9.17, 15) is 4.79 Å². The fourth-order valence-electron chi connectivity index (χ4n) is 4.58. The molecule has 3 heterocycles. The van der Waals surface area contributed by atoms with Gasteiger partial charge in [0.25, 0.3) is 5.89 Å². The summed E-state index contributed by atoms with van der Waals surface area (Å²) in [7, 11) is 0. The average Bonchev–Trinajstić information content (AvgIpc) is 3.60.